The Morgan fingerprint density at radius 3 is 2.62 bits per heavy atom. The molecule has 0 bridgehead atoms. The maximum Gasteiger partial charge on any atom is 0.397 e. The Morgan fingerprint density at radius 2 is 1.70 bits per heavy atom. The number of benzene rings is 4. The van der Waals surface area contributed by atoms with Crippen LogP contribution < -0.4 is 24.5 Å². The molecule has 0 fully saturated rings. The molecule has 13 rings (SSSR count). The molecule has 0 aliphatic carbocycles. The van der Waals surface area contributed by atoms with E-state index in [1.54, 1.807) is 0 Å². The summed E-state index contributed by atoms with van der Waals surface area (Å²) in [5, 5.41) is 3.50. The second-order valence-corrected chi connectivity index (χ2v) is 15.6. The first-order valence-electron chi connectivity index (χ1n) is 18.9. The number of rotatable bonds is 2. The minimum atomic E-state index is -0.770. The molecule has 8 nitrogen and oxygen atoms in total. The first kappa shape index (κ1) is 28.4. The van der Waals surface area contributed by atoms with Crippen LogP contribution >= 0.6 is 0 Å². The molecule has 0 radical (unpaired) electrons. The van der Waals surface area contributed by atoms with E-state index < -0.39 is 5.66 Å². The van der Waals surface area contributed by atoms with Crippen molar-refractivity contribution in [2.45, 2.75) is 51.6 Å². The van der Waals surface area contributed by atoms with Crippen molar-refractivity contribution in [3.63, 3.8) is 0 Å². The lowest BCUT2D eigenvalue weighted by molar-refractivity contribution is -0.995. The molecule has 0 N–H and O–H groups in total. The van der Waals surface area contributed by atoms with Gasteiger partial charge in [0, 0.05) is 71.5 Å². The monoisotopic (exact) mass is 693 g/mol. The van der Waals surface area contributed by atoms with Gasteiger partial charge in [-0.3, -0.25) is 0 Å². The van der Waals surface area contributed by atoms with Crippen molar-refractivity contribution in [2.24, 2.45) is 0 Å². The summed E-state index contributed by atoms with van der Waals surface area (Å²) in [4.78, 5) is 16.5. The van der Waals surface area contributed by atoms with Gasteiger partial charge in [-0.15, -0.1) is 4.68 Å². The van der Waals surface area contributed by atoms with Crippen LogP contribution in [0.25, 0.3) is 44.3 Å². The second kappa shape index (κ2) is 9.44. The molecule has 53 heavy (non-hydrogen) atoms. The molecule has 9 heterocycles. The van der Waals surface area contributed by atoms with E-state index >= 15 is 0 Å². The van der Waals surface area contributed by atoms with Gasteiger partial charge in [-0.05, 0) is 92.3 Å². The quantitative estimate of drug-likeness (QED) is 0.142. The standard InChI is InChI=1S/C45H35N5O3/c1-25-21-26(2)50-45-39-35(49(25)50)16-14-28(22-29-23-33-31-11-8-19-46-18-7-9-27(41(31)46)24-37(33)53-44(29)51)43(39)52-36-17-15-32-30-10-3-4-12-34(30)48(42(32)40(36)45)38-13-5-6-20-47(38)45/h3-6,10,12-17,20-21,23-24H,7-9,11,18-19,22H2,1-2H3/q+2. The SMILES string of the molecule is Cc1cc(C)[n+]2n1-c1ccc(Cc3cc4c5c6c(cc4oc3=O)CCCN6CCC5)c3c1C21c2c(ccc4c5ccccc5n(c24)-c2cccc[n+]21)O3. The average Bonchev–Trinajstić information content (AvgIpc) is 3.79. The topological polar surface area (TPSA) is 60.3 Å². The van der Waals surface area contributed by atoms with E-state index in [4.69, 9.17) is 9.15 Å². The van der Waals surface area contributed by atoms with Crippen LogP contribution in [0.2, 0.25) is 0 Å². The van der Waals surface area contributed by atoms with Crippen molar-refractivity contribution in [3.05, 3.63) is 146 Å². The number of para-hydroxylation sites is 1. The van der Waals surface area contributed by atoms with Gasteiger partial charge in [-0.2, -0.15) is 9.13 Å². The number of fused-ring (bicyclic) bond motifs is 9. The van der Waals surface area contributed by atoms with E-state index in [-0.39, 0.29) is 5.63 Å². The summed E-state index contributed by atoms with van der Waals surface area (Å²) in [6.07, 6.45) is 6.92. The smallest absolute Gasteiger partial charge is 0.397 e. The summed E-state index contributed by atoms with van der Waals surface area (Å²) in [5.74, 6) is 2.73. The Hall–Kier alpha value is -6.15. The van der Waals surface area contributed by atoms with Gasteiger partial charge in [0.05, 0.1) is 11.9 Å². The van der Waals surface area contributed by atoms with Crippen LogP contribution in [0.1, 0.15) is 57.6 Å². The molecule has 4 aromatic carbocycles. The molecular formula is C45H35N5O3+2. The number of nitrogens with zero attached hydrogens (tertiary/aromatic N) is 5. The van der Waals surface area contributed by atoms with Crippen molar-refractivity contribution in [2.75, 3.05) is 18.0 Å². The van der Waals surface area contributed by atoms with Crippen LogP contribution in [0.3, 0.4) is 0 Å². The van der Waals surface area contributed by atoms with E-state index in [0.29, 0.717) is 17.6 Å². The molecule has 0 amide bonds. The third-order valence-electron chi connectivity index (χ3n) is 12.9. The van der Waals surface area contributed by atoms with Gasteiger partial charge in [-0.25, -0.2) is 4.79 Å². The van der Waals surface area contributed by atoms with Crippen LogP contribution in [0.4, 0.5) is 5.69 Å². The van der Waals surface area contributed by atoms with E-state index in [1.807, 2.05) is 0 Å². The Kier molecular flexibility index (Phi) is 5.06. The summed E-state index contributed by atoms with van der Waals surface area (Å²) in [7, 11) is 0. The largest absolute Gasteiger partial charge is 0.455 e. The molecule has 4 aromatic heterocycles. The summed E-state index contributed by atoms with van der Waals surface area (Å²) < 4.78 is 23.1. The van der Waals surface area contributed by atoms with Crippen molar-refractivity contribution in [1.29, 1.82) is 0 Å². The van der Waals surface area contributed by atoms with Crippen molar-refractivity contribution in [1.82, 2.24) is 9.25 Å². The highest BCUT2D eigenvalue weighted by molar-refractivity contribution is 6.11. The van der Waals surface area contributed by atoms with Gasteiger partial charge in [-0.1, -0.05) is 28.9 Å². The van der Waals surface area contributed by atoms with Crippen LogP contribution in [-0.4, -0.2) is 22.3 Å². The molecule has 0 saturated carbocycles. The van der Waals surface area contributed by atoms with E-state index in [2.05, 4.69) is 128 Å². The van der Waals surface area contributed by atoms with Crippen LogP contribution in [0.15, 0.2) is 100 Å². The first-order chi connectivity index (χ1) is 26.0. The van der Waals surface area contributed by atoms with Gasteiger partial charge < -0.3 is 14.1 Å². The fourth-order valence-corrected chi connectivity index (χ4v) is 11.0. The molecule has 5 aliphatic rings. The second-order valence-electron chi connectivity index (χ2n) is 15.6. The fraction of sp³-hybridized carbons (Fsp3) is 0.222. The normalized spacial score (nSPS) is 18.3. The molecule has 1 spiro atoms. The molecule has 0 saturated heterocycles. The number of pyridine rings is 1. The lowest BCUT2D eigenvalue weighted by atomic mass is 9.82. The Labute approximate surface area is 304 Å². The number of aromatic nitrogens is 4. The molecule has 256 valence electrons. The van der Waals surface area contributed by atoms with E-state index in [1.165, 1.54) is 33.1 Å². The fourth-order valence-electron chi connectivity index (χ4n) is 11.0. The highest BCUT2D eigenvalue weighted by Crippen LogP contribution is 2.56. The Morgan fingerprint density at radius 1 is 0.830 bits per heavy atom. The lowest BCUT2D eigenvalue weighted by Crippen LogP contribution is -2.77. The van der Waals surface area contributed by atoms with Gasteiger partial charge in [0.25, 0.3) is 5.82 Å². The third-order valence-corrected chi connectivity index (χ3v) is 12.9. The van der Waals surface area contributed by atoms with Crippen LogP contribution in [0.5, 0.6) is 11.5 Å². The highest BCUT2D eigenvalue weighted by atomic mass is 16.5. The Bertz CT molecular complexity index is 3090. The summed E-state index contributed by atoms with van der Waals surface area (Å²) in [6, 6.07) is 30.5. The zero-order valence-electron chi connectivity index (χ0n) is 29.6. The molecule has 1 atom stereocenters. The molecule has 5 aliphatic heterocycles. The van der Waals surface area contributed by atoms with Crippen molar-refractivity contribution >= 4 is 38.5 Å². The number of anilines is 1. The number of hydrogen-bond acceptors (Lipinski definition) is 4. The average molecular weight is 694 g/mol. The first-order valence-corrected chi connectivity index (χ1v) is 18.9. The maximum absolute atomic E-state index is 13.9. The summed E-state index contributed by atoms with van der Waals surface area (Å²) in [5.41, 5.74) is 13.3. The highest BCUT2D eigenvalue weighted by Gasteiger charge is 2.69. The number of aryl methyl sites for hydroxylation is 4. The van der Waals surface area contributed by atoms with Gasteiger partial charge >= 0.3 is 11.3 Å². The van der Waals surface area contributed by atoms with E-state index in [9.17, 15) is 4.79 Å². The minimum Gasteiger partial charge on any atom is -0.455 e. The van der Waals surface area contributed by atoms with Gasteiger partial charge in [0.2, 0.25) is 5.69 Å². The number of hydrogen-bond donors (Lipinski definition) is 0. The molecule has 8 aromatic rings. The van der Waals surface area contributed by atoms with Crippen LogP contribution in [-0.2, 0) is 24.9 Å². The maximum atomic E-state index is 13.9. The molecule has 1 unspecified atom stereocenters. The Balaban J connectivity index is 1.10. The third kappa shape index (κ3) is 3.21. The van der Waals surface area contributed by atoms with E-state index in [0.717, 1.165) is 101 Å². The van der Waals surface area contributed by atoms with Gasteiger partial charge in [0.15, 0.2) is 16.6 Å². The summed E-state index contributed by atoms with van der Waals surface area (Å²) in [6.45, 7) is 6.59. The summed E-state index contributed by atoms with van der Waals surface area (Å²) >= 11 is 0. The van der Waals surface area contributed by atoms with Crippen molar-refractivity contribution < 1.29 is 18.4 Å². The predicted molar refractivity (Wildman–Crippen MR) is 202 cm³/mol. The predicted octanol–water partition coefficient (Wildman–Crippen LogP) is 7.19. The van der Waals surface area contributed by atoms with Crippen LogP contribution in [0, 0.1) is 13.8 Å². The molecular weight excluding hydrogens is 659 g/mol. The number of ether oxygens (including phenoxy) is 1. The zero-order valence-corrected chi connectivity index (χ0v) is 29.6. The minimum absolute atomic E-state index is 0.275. The molecule has 8 heteroatoms. The zero-order chi connectivity index (χ0) is 34.9. The van der Waals surface area contributed by atoms with Gasteiger partial charge in [0.1, 0.15) is 28.3 Å². The van der Waals surface area contributed by atoms with Crippen molar-refractivity contribution in [3.8, 4) is 23.0 Å². The lowest BCUT2D eigenvalue weighted by Gasteiger charge is -2.37.